The summed E-state index contributed by atoms with van der Waals surface area (Å²) >= 11 is 5.93. The van der Waals surface area contributed by atoms with Gasteiger partial charge in [-0.05, 0) is 66.6 Å². The second kappa shape index (κ2) is 13.2. The Labute approximate surface area is 229 Å². The first-order valence-corrected chi connectivity index (χ1v) is 12.2. The monoisotopic (exact) mass is 552 g/mol. The summed E-state index contributed by atoms with van der Waals surface area (Å²) in [5.41, 5.74) is 4.05. The summed E-state index contributed by atoms with van der Waals surface area (Å²) in [4.78, 5) is 36.4. The highest BCUT2D eigenvalue weighted by atomic mass is 35.5. The number of rotatable bonds is 10. The number of hydrogen-bond donors (Lipinski definition) is 3. The van der Waals surface area contributed by atoms with E-state index in [-0.39, 0.29) is 25.9 Å². The third kappa shape index (κ3) is 7.86. The molecule has 4 rings (SSSR count). The van der Waals surface area contributed by atoms with Gasteiger partial charge in [-0.2, -0.15) is 5.10 Å². The minimum Gasteiger partial charge on any atom is -0.490 e. The molecular formula is C27H25ClN4O7. The molecule has 0 aliphatic carbocycles. The average Bonchev–Trinajstić information content (AvgIpc) is 3.39. The molecular weight excluding hydrogens is 528 g/mol. The summed E-state index contributed by atoms with van der Waals surface area (Å²) in [6.07, 6.45) is 1.35. The zero-order chi connectivity index (χ0) is 27.6. The van der Waals surface area contributed by atoms with Crippen molar-refractivity contribution in [2.24, 2.45) is 5.10 Å². The van der Waals surface area contributed by atoms with Gasteiger partial charge in [0.25, 0.3) is 5.91 Å². The van der Waals surface area contributed by atoms with Crippen LogP contribution >= 0.6 is 11.6 Å². The molecule has 0 fully saturated rings. The molecule has 3 aromatic carbocycles. The van der Waals surface area contributed by atoms with Crippen LogP contribution in [0.4, 0.5) is 5.69 Å². The van der Waals surface area contributed by atoms with Gasteiger partial charge in [0.05, 0.1) is 12.8 Å². The van der Waals surface area contributed by atoms with Crippen LogP contribution in [0.5, 0.6) is 23.0 Å². The van der Waals surface area contributed by atoms with E-state index >= 15 is 0 Å². The van der Waals surface area contributed by atoms with Crippen molar-refractivity contribution < 1.29 is 33.3 Å². The van der Waals surface area contributed by atoms with Crippen molar-refractivity contribution in [3.05, 3.63) is 76.8 Å². The summed E-state index contributed by atoms with van der Waals surface area (Å²) in [6.45, 7) is 2.18. The lowest BCUT2D eigenvalue weighted by molar-refractivity contribution is -0.139. The van der Waals surface area contributed by atoms with Crippen molar-refractivity contribution >= 4 is 41.2 Å². The maximum Gasteiger partial charge on any atom is 0.329 e. The fraction of sp³-hybridized carbons (Fsp3) is 0.185. The standard InChI is InChI=1S/C27H25ClN4O7/c1-2-36-23-11-18(7-8-21(23)37-15-25(33)31-20-5-3-4-19(28)12-20)14-30-32-27(35)26(34)29-13-17-6-9-22-24(10-17)39-16-38-22/h3-12,14H,2,13,15-16H2,1H3,(H,29,34)(H,31,33)(H,32,35)/b30-14-. The Morgan fingerprint density at radius 1 is 0.974 bits per heavy atom. The Balaban J connectivity index is 1.27. The Bertz CT molecular complexity index is 1400. The second-order valence-electron chi connectivity index (χ2n) is 8.06. The number of nitrogens with zero attached hydrogens (tertiary/aromatic N) is 1. The van der Waals surface area contributed by atoms with Crippen molar-refractivity contribution in [3.63, 3.8) is 0 Å². The number of anilines is 1. The smallest absolute Gasteiger partial charge is 0.329 e. The molecule has 12 heteroatoms. The van der Waals surface area contributed by atoms with Gasteiger partial charge in [0, 0.05) is 17.3 Å². The highest BCUT2D eigenvalue weighted by Crippen LogP contribution is 2.32. The van der Waals surface area contributed by atoms with E-state index in [4.69, 9.17) is 30.5 Å². The molecule has 0 radical (unpaired) electrons. The van der Waals surface area contributed by atoms with Gasteiger partial charge in [0.2, 0.25) is 6.79 Å². The predicted molar refractivity (Wildman–Crippen MR) is 143 cm³/mol. The molecule has 1 aliphatic heterocycles. The van der Waals surface area contributed by atoms with Gasteiger partial charge in [-0.15, -0.1) is 0 Å². The topological polar surface area (TPSA) is 137 Å². The normalized spacial score (nSPS) is 11.6. The van der Waals surface area contributed by atoms with E-state index in [1.54, 1.807) is 67.6 Å². The van der Waals surface area contributed by atoms with Crippen LogP contribution in [0.1, 0.15) is 18.1 Å². The summed E-state index contributed by atoms with van der Waals surface area (Å²) < 4.78 is 21.8. The highest BCUT2D eigenvalue weighted by molar-refractivity contribution is 6.35. The Hall–Kier alpha value is -4.77. The largest absolute Gasteiger partial charge is 0.490 e. The van der Waals surface area contributed by atoms with E-state index in [2.05, 4.69) is 21.2 Å². The zero-order valence-corrected chi connectivity index (χ0v) is 21.6. The summed E-state index contributed by atoms with van der Waals surface area (Å²) in [6, 6.07) is 16.9. The highest BCUT2D eigenvalue weighted by Gasteiger charge is 2.16. The minimum atomic E-state index is -0.928. The molecule has 3 aromatic rings. The number of amides is 3. The maximum absolute atomic E-state index is 12.2. The quantitative estimate of drug-likeness (QED) is 0.199. The second-order valence-corrected chi connectivity index (χ2v) is 8.49. The molecule has 0 unspecified atom stereocenters. The number of ether oxygens (including phenoxy) is 4. The molecule has 0 spiro atoms. The van der Waals surface area contributed by atoms with Crippen LogP contribution in [0.25, 0.3) is 0 Å². The van der Waals surface area contributed by atoms with Gasteiger partial charge in [-0.25, -0.2) is 5.43 Å². The van der Waals surface area contributed by atoms with Crippen molar-refractivity contribution in [2.75, 3.05) is 25.3 Å². The zero-order valence-electron chi connectivity index (χ0n) is 20.9. The fourth-order valence-corrected chi connectivity index (χ4v) is 3.62. The van der Waals surface area contributed by atoms with Gasteiger partial charge >= 0.3 is 11.8 Å². The van der Waals surface area contributed by atoms with Crippen LogP contribution in [0.2, 0.25) is 5.02 Å². The number of fused-ring (bicyclic) bond motifs is 1. The minimum absolute atomic E-state index is 0.128. The summed E-state index contributed by atoms with van der Waals surface area (Å²) in [5.74, 6) is -0.206. The van der Waals surface area contributed by atoms with Crippen LogP contribution in [0.3, 0.4) is 0 Å². The number of carbonyl (C=O) groups excluding carboxylic acids is 3. The van der Waals surface area contributed by atoms with Gasteiger partial charge in [0.1, 0.15) is 0 Å². The van der Waals surface area contributed by atoms with Crippen LogP contribution in [-0.4, -0.2) is 43.9 Å². The first kappa shape index (κ1) is 27.3. The average molecular weight is 553 g/mol. The molecule has 1 aliphatic rings. The van der Waals surface area contributed by atoms with Crippen LogP contribution in [0.15, 0.2) is 65.8 Å². The molecule has 11 nitrogen and oxygen atoms in total. The maximum atomic E-state index is 12.2. The molecule has 1 heterocycles. The van der Waals surface area contributed by atoms with Gasteiger partial charge in [-0.3, -0.25) is 14.4 Å². The summed E-state index contributed by atoms with van der Waals surface area (Å²) in [5, 5.41) is 9.55. The number of hydrogen-bond acceptors (Lipinski definition) is 8. The molecule has 3 N–H and O–H groups in total. The SMILES string of the molecule is CCOc1cc(/C=N\NC(=O)C(=O)NCc2ccc3c(c2)OCO3)ccc1OCC(=O)Nc1cccc(Cl)c1. The van der Waals surface area contributed by atoms with Gasteiger partial charge < -0.3 is 29.6 Å². The van der Waals surface area contributed by atoms with Crippen molar-refractivity contribution in [1.29, 1.82) is 0 Å². The van der Waals surface area contributed by atoms with Crippen LogP contribution in [-0.2, 0) is 20.9 Å². The Morgan fingerprint density at radius 3 is 2.64 bits per heavy atom. The van der Waals surface area contributed by atoms with E-state index in [1.165, 1.54) is 6.21 Å². The molecule has 0 saturated heterocycles. The molecule has 0 atom stereocenters. The van der Waals surface area contributed by atoms with Crippen molar-refractivity contribution in [2.45, 2.75) is 13.5 Å². The molecule has 3 amide bonds. The lowest BCUT2D eigenvalue weighted by Gasteiger charge is -2.12. The first-order chi connectivity index (χ1) is 18.9. The number of halogens is 1. The predicted octanol–water partition coefficient (Wildman–Crippen LogP) is 3.25. The van der Waals surface area contributed by atoms with E-state index in [0.717, 1.165) is 5.56 Å². The molecule has 202 valence electrons. The van der Waals surface area contributed by atoms with Gasteiger partial charge in [0.15, 0.2) is 29.6 Å². The van der Waals surface area contributed by atoms with E-state index in [1.807, 2.05) is 0 Å². The lowest BCUT2D eigenvalue weighted by atomic mass is 10.2. The summed E-state index contributed by atoms with van der Waals surface area (Å²) in [7, 11) is 0. The first-order valence-electron chi connectivity index (χ1n) is 11.9. The fourth-order valence-electron chi connectivity index (χ4n) is 3.43. The van der Waals surface area contributed by atoms with Crippen LogP contribution < -0.4 is 35.0 Å². The van der Waals surface area contributed by atoms with Crippen molar-refractivity contribution in [3.8, 4) is 23.0 Å². The molecule has 39 heavy (non-hydrogen) atoms. The molecule has 0 saturated carbocycles. The lowest BCUT2D eigenvalue weighted by Crippen LogP contribution is -2.37. The number of carbonyl (C=O) groups is 3. The number of benzene rings is 3. The third-order valence-electron chi connectivity index (χ3n) is 5.21. The van der Waals surface area contributed by atoms with E-state index in [0.29, 0.717) is 45.9 Å². The number of nitrogens with one attached hydrogen (secondary N) is 3. The molecule has 0 bridgehead atoms. The van der Waals surface area contributed by atoms with Crippen LogP contribution in [0, 0.1) is 0 Å². The third-order valence-corrected chi connectivity index (χ3v) is 5.45. The van der Waals surface area contributed by atoms with E-state index in [9.17, 15) is 14.4 Å². The Morgan fingerprint density at radius 2 is 1.82 bits per heavy atom. The van der Waals surface area contributed by atoms with Gasteiger partial charge in [-0.1, -0.05) is 23.7 Å². The van der Waals surface area contributed by atoms with E-state index < -0.39 is 11.8 Å². The Kier molecular flexibility index (Phi) is 9.20. The number of hydrazone groups is 1. The molecule has 0 aromatic heterocycles. The van der Waals surface area contributed by atoms with Crippen molar-refractivity contribution in [1.82, 2.24) is 10.7 Å².